The topological polar surface area (TPSA) is 61.4 Å². The third-order valence-corrected chi connectivity index (χ3v) is 4.85. The third-order valence-electron chi connectivity index (χ3n) is 4.85. The van der Waals surface area contributed by atoms with Crippen molar-refractivity contribution in [1.82, 2.24) is 10.2 Å². The molecule has 3 amide bonds. The minimum absolute atomic E-state index is 0.0163. The van der Waals surface area contributed by atoms with Crippen LogP contribution in [0.1, 0.15) is 36.8 Å². The highest BCUT2D eigenvalue weighted by Gasteiger charge is 2.31. The van der Waals surface area contributed by atoms with Crippen LogP contribution < -0.4 is 10.6 Å². The van der Waals surface area contributed by atoms with Crippen LogP contribution in [0.3, 0.4) is 0 Å². The summed E-state index contributed by atoms with van der Waals surface area (Å²) in [6, 6.07) is 6.26. The Morgan fingerprint density at radius 1 is 1.17 bits per heavy atom. The molecule has 1 aromatic rings. The monoisotopic (exact) mass is 315 g/mol. The number of urea groups is 1. The molecule has 1 saturated carbocycles. The Hall–Kier alpha value is -2.04. The van der Waals surface area contributed by atoms with E-state index in [9.17, 15) is 9.59 Å². The molecule has 2 N–H and O–H groups in total. The first-order valence-electron chi connectivity index (χ1n) is 8.47. The molecule has 0 bridgehead atoms. The van der Waals surface area contributed by atoms with Gasteiger partial charge < -0.3 is 15.5 Å². The number of likely N-dealkylation sites (tertiary alicyclic amines) is 1. The summed E-state index contributed by atoms with van der Waals surface area (Å²) in [5, 5.41) is 6.04. The molecule has 1 unspecified atom stereocenters. The van der Waals surface area contributed by atoms with Crippen LogP contribution in [0.5, 0.6) is 0 Å². The van der Waals surface area contributed by atoms with E-state index >= 15 is 0 Å². The average molecular weight is 315 g/mol. The summed E-state index contributed by atoms with van der Waals surface area (Å²) in [6.45, 7) is 5.30. The summed E-state index contributed by atoms with van der Waals surface area (Å²) in [5.74, 6) is -0.115. The quantitative estimate of drug-likeness (QED) is 0.901. The maximum Gasteiger partial charge on any atom is 0.317 e. The zero-order chi connectivity index (χ0) is 16.4. The minimum Gasteiger partial charge on any atom is -0.335 e. The molecule has 1 aliphatic carbocycles. The van der Waals surface area contributed by atoms with Crippen molar-refractivity contribution < 1.29 is 9.59 Å². The van der Waals surface area contributed by atoms with Gasteiger partial charge in [-0.2, -0.15) is 0 Å². The van der Waals surface area contributed by atoms with Crippen LogP contribution in [0.4, 0.5) is 10.5 Å². The number of nitrogens with one attached hydrogen (secondary N) is 2. The van der Waals surface area contributed by atoms with Crippen molar-refractivity contribution in [3.05, 3.63) is 29.3 Å². The number of piperidine rings is 1. The van der Waals surface area contributed by atoms with Crippen molar-refractivity contribution in [3.8, 4) is 0 Å². The van der Waals surface area contributed by atoms with Crippen LogP contribution in [0.25, 0.3) is 0 Å². The fraction of sp³-hybridized carbons (Fsp3) is 0.556. The van der Waals surface area contributed by atoms with Crippen LogP contribution in [0, 0.1) is 19.8 Å². The van der Waals surface area contributed by atoms with Crippen LogP contribution >= 0.6 is 0 Å². The van der Waals surface area contributed by atoms with Gasteiger partial charge in [0.2, 0.25) is 5.91 Å². The number of carbonyl (C=O) groups is 2. The Kier molecular flexibility index (Phi) is 4.55. The molecule has 0 aromatic heterocycles. The Labute approximate surface area is 137 Å². The minimum atomic E-state index is -0.131. The van der Waals surface area contributed by atoms with Gasteiger partial charge in [0, 0.05) is 24.8 Å². The molecule has 0 spiro atoms. The zero-order valence-corrected chi connectivity index (χ0v) is 13.9. The van der Waals surface area contributed by atoms with E-state index < -0.39 is 0 Å². The molecule has 3 rings (SSSR count). The zero-order valence-electron chi connectivity index (χ0n) is 13.9. The van der Waals surface area contributed by atoms with Gasteiger partial charge in [-0.05, 0) is 56.7 Å². The van der Waals surface area contributed by atoms with E-state index in [1.54, 1.807) is 4.90 Å². The summed E-state index contributed by atoms with van der Waals surface area (Å²) in [4.78, 5) is 26.5. The molecular formula is C18H25N3O2. The van der Waals surface area contributed by atoms with Crippen LogP contribution in [-0.4, -0.2) is 36.0 Å². The maximum absolute atomic E-state index is 12.6. The van der Waals surface area contributed by atoms with E-state index in [4.69, 9.17) is 0 Å². The van der Waals surface area contributed by atoms with E-state index in [1.807, 2.05) is 32.0 Å². The SMILES string of the molecule is Cc1cccc(NC(=O)C2CCCN(C(=O)NC3CC3)C2)c1C. The number of aryl methyl sites for hydroxylation is 1. The number of carbonyl (C=O) groups excluding carboxylic acids is 2. The molecule has 1 atom stereocenters. The van der Waals surface area contributed by atoms with E-state index in [2.05, 4.69) is 10.6 Å². The third kappa shape index (κ3) is 3.84. The van der Waals surface area contributed by atoms with Crippen LogP contribution in [0.15, 0.2) is 18.2 Å². The molecule has 23 heavy (non-hydrogen) atoms. The van der Waals surface area contributed by atoms with Crippen molar-refractivity contribution in [2.24, 2.45) is 5.92 Å². The molecule has 124 valence electrons. The van der Waals surface area contributed by atoms with E-state index in [0.717, 1.165) is 49.0 Å². The first-order chi connectivity index (χ1) is 11.0. The van der Waals surface area contributed by atoms with Gasteiger partial charge in [-0.25, -0.2) is 4.79 Å². The van der Waals surface area contributed by atoms with Crippen molar-refractivity contribution >= 4 is 17.6 Å². The van der Waals surface area contributed by atoms with Crippen molar-refractivity contribution in [3.63, 3.8) is 0 Å². The molecular weight excluding hydrogens is 290 g/mol. The van der Waals surface area contributed by atoms with Crippen molar-refractivity contribution in [1.29, 1.82) is 0 Å². The van der Waals surface area contributed by atoms with E-state index in [-0.39, 0.29) is 17.9 Å². The number of nitrogens with zero attached hydrogens (tertiary/aromatic N) is 1. The Morgan fingerprint density at radius 3 is 2.70 bits per heavy atom. The van der Waals surface area contributed by atoms with Crippen molar-refractivity contribution in [2.45, 2.75) is 45.6 Å². The molecule has 2 fully saturated rings. The second kappa shape index (κ2) is 6.60. The fourth-order valence-corrected chi connectivity index (χ4v) is 2.99. The normalized spacial score (nSPS) is 21.0. The summed E-state index contributed by atoms with van der Waals surface area (Å²) >= 11 is 0. The van der Waals surface area contributed by atoms with E-state index in [0.29, 0.717) is 12.6 Å². The Morgan fingerprint density at radius 2 is 1.96 bits per heavy atom. The molecule has 0 radical (unpaired) electrons. The lowest BCUT2D eigenvalue weighted by atomic mass is 9.97. The fourth-order valence-electron chi connectivity index (χ4n) is 2.99. The van der Waals surface area contributed by atoms with Crippen LogP contribution in [-0.2, 0) is 4.79 Å². The lowest BCUT2D eigenvalue weighted by Gasteiger charge is -2.32. The number of hydrogen-bond donors (Lipinski definition) is 2. The number of anilines is 1. The summed E-state index contributed by atoms with van der Waals surface area (Å²) in [6.07, 6.45) is 3.87. The molecule has 1 saturated heterocycles. The first-order valence-corrected chi connectivity index (χ1v) is 8.47. The molecule has 5 nitrogen and oxygen atoms in total. The van der Waals surface area contributed by atoms with Gasteiger partial charge in [0.1, 0.15) is 0 Å². The predicted octanol–water partition coefficient (Wildman–Crippen LogP) is 2.83. The molecule has 1 aromatic carbocycles. The Bertz CT molecular complexity index is 610. The van der Waals surface area contributed by atoms with E-state index in [1.165, 1.54) is 0 Å². The second-order valence-electron chi connectivity index (χ2n) is 6.75. The van der Waals surface area contributed by atoms with Gasteiger partial charge in [-0.3, -0.25) is 4.79 Å². The number of benzene rings is 1. The van der Waals surface area contributed by atoms with Gasteiger partial charge >= 0.3 is 6.03 Å². The summed E-state index contributed by atoms with van der Waals surface area (Å²) in [5.41, 5.74) is 3.13. The van der Waals surface area contributed by atoms with Gasteiger partial charge in [0.15, 0.2) is 0 Å². The van der Waals surface area contributed by atoms with Crippen molar-refractivity contribution in [2.75, 3.05) is 18.4 Å². The molecule has 2 aliphatic rings. The number of amides is 3. The number of rotatable bonds is 3. The molecule has 1 aliphatic heterocycles. The highest BCUT2D eigenvalue weighted by Crippen LogP contribution is 2.23. The van der Waals surface area contributed by atoms with Gasteiger partial charge in [-0.1, -0.05) is 12.1 Å². The predicted molar refractivity (Wildman–Crippen MR) is 90.4 cm³/mol. The largest absolute Gasteiger partial charge is 0.335 e. The van der Waals surface area contributed by atoms with Crippen LogP contribution in [0.2, 0.25) is 0 Å². The average Bonchev–Trinajstić information content (AvgIpc) is 3.36. The van der Waals surface area contributed by atoms with Gasteiger partial charge in [-0.15, -0.1) is 0 Å². The highest BCUT2D eigenvalue weighted by molar-refractivity contribution is 5.94. The first kappa shape index (κ1) is 15.8. The second-order valence-corrected chi connectivity index (χ2v) is 6.75. The van der Waals surface area contributed by atoms with Gasteiger partial charge in [0.25, 0.3) is 0 Å². The highest BCUT2D eigenvalue weighted by atomic mass is 16.2. The maximum atomic E-state index is 12.6. The lowest BCUT2D eigenvalue weighted by Crippen LogP contribution is -2.48. The molecule has 5 heteroatoms. The van der Waals surface area contributed by atoms with Gasteiger partial charge in [0.05, 0.1) is 5.92 Å². The molecule has 1 heterocycles. The summed E-state index contributed by atoms with van der Waals surface area (Å²) in [7, 11) is 0. The number of hydrogen-bond acceptors (Lipinski definition) is 2. The Balaban J connectivity index is 1.60. The standard InChI is InChI=1S/C18H25N3O2/c1-12-5-3-7-16(13(12)2)20-17(22)14-6-4-10-21(11-14)18(23)19-15-8-9-15/h3,5,7,14-15H,4,6,8-11H2,1-2H3,(H,19,23)(H,20,22). The lowest BCUT2D eigenvalue weighted by molar-refractivity contribution is -0.121. The summed E-state index contributed by atoms with van der Waals surface area (Å²) < 4.78 is 0. The smallest absolute Gasteiger partial charge is 0.317 e.